The van der Waals surface area contributed by atoms with Crippen LogP contribution in [0.15, 0.2) is 39.9 Å². The Morgan fingerprint density at radius 1 is 1.23 bits per heavy atom. The Hall–Kier alpha value is -2.26. The van der Waals surface area contributed by atoms with Gasteiger partial charge in [0.1, 0.15) is 11.6 Å². The van der Waals surface area contributed by atoms with Gasteiger partial charge in [-0.25, -0.2) is 4.98 Å². The van der Waals surface area contributed by atoms with Crippen LogP contribution >= 0.6 is 23.2 Å². The van der Waals surface area contributed by atoms with Crippen molar-refractivity contribution in [3.05, 3.63) is 74.0 Å². The fourth-order valence-electron chi connectivity index (χ4n) is 2.28. The van der Waals surface area contributed by atoms with Crippen LogP contribution < -0.4 is 5.56 Å². The van der Waals surface area contributed by atoms with Gasteiger partial charge in [0, 0.05) is 11.4 Å². The van der Waals surface area contributed by atoms with Crippen LogP contribution in [0.1, 0.15) is 29.1 Å². The highest BCUT2D eigenvalue weighted by atomic mass is 35.5. The first-order valence-corrected chi connectivity index (χ1v) is 8.33. The predicted molar refractivity (Wildman–Crippen MR) is 92.9 cm³/mol. The largest absolute Gasteiger partial charge is 0.390 e. The number of aromatic nitrogens is 4. The van der Waals surface area contributed by atoms with Crippen molar-refractivity contribution >= 4 is 23.2 Å². The van der Waals surface area contributed by atoms with E-state index in [4.69, 9.17) is 32.8 Å². The molecule has 0 aliphatic heterocycles. The highest BCUT2D eigenvalue weighted by Crippen LogP contribution is 2.19. The van der Waals surface area contributed by atoms with Gasteiger partial charge in [0.05, 0.1) is 24.7 Å². The molecule has 2 aromatic heterocycles. The molecule has 10 heteroatoms. The number of aliphatic hydroxyl groups excluding tert-OH is 2. The molecule has 136 valence electrons. The summed E-state index contributed by atoms with van der Waals surface area (Å²) < 4.78 is 6.29. The molecular weight excluding hydrogens is 383 g/mol. The Morgan fingerprint density at radius 2 is 1.96 bits per heavy atom. The molecule has 2 N–H and O–H groups in total. The third-order valence-corrected chi connectivity index (χ3v) is 4.28. The smallest absolute Gasteiger partial charge is 0.272 e. The molecule has 0 unspecified atom stereocenters. The summed E-state index contributed by atoms with van der Waals surface area (Å²) in [6.45, 7) is -0.455. The molecule has 0 saturated heterocycles. The van der Waals surface area contributed by atoms with Gasteiger partial charge < -0.3 is 14.7 Å². The van der Waals surface area contributed by atoms with Crippen LogP contribution in [0.5, 0.6) is 0 Å². The topological polar surface area (TPSA) is 114 Å². The molecule has 2 heterocycles. The second kappa shape index (κ2) is 7.96. The Morgan fingerprint density at radius 3 is 2.65 bits per heavy atom. The van der Waals surface area contributed by atoms with Crippen LogP contribution in [0.25, 0.3) is 0 Å². The summed E-state index contributed by atoms with van der Waals surface area (Å²) in [6.07, 6.45) is 0.565. The van der Waals surface area contributed by atoms with Crippen molar-refractivity contribution in [2.24, 2.45) is 0 Å². The maximum atomic E-state index is 12.1. The van der Waals surface area contributed by atoms with Gasteiger partial charge in [0.2, 0.25) is 5.89 Å². The Bertz CT molecular complexity index is 956. The zero-order valence-corrected chi connectivity index (χ0v) is 14.9. The van der Waals surface area contributed by atoms with E-state index in [-0.39, 0.29) is 29.6 Å². The Kier molecular flexibility index (Phi) is 5.67. The second-order valence-electron chi connectivity index (χ2n) is 5.47. The fraction of sp³-hybridized carbons (Fsp3) is 0.250. The molecule has 1 atom stereocenters. The zero-order chi connectivity index (χ0) is 18.7. The Labute approximate surface area is 157 Å². The number of rotatable bonds is 6. The van der Waals surface area contributed by atoms with E-state index < -0.39 is 18.3 Å². The van der Waals surface area contributed by atoms with Crippen molar-refractivity contribution in [1.82, 2.24) is 19.7 Å². The molecule has 0 aliphatic rings. The van der Waals surface area contributed by atoms with E-state index in [1.807, 2.05) is 0 Å². The lowest BCUT2D eigenvalue weighted by Gasteiger charge is -2.08. The molecule has 1 aromatic carbocycles. The maximum absolute atomic E-state index is 12.1. The third-order valence-electron chi connectivity index (χ3n) is 3.65. The SMILES string of the molecule is O=c1c(Cl)c(CO)ncn1Cc1nc(C[C@H](O)c2ccc(Cl)cc2)no1. The van der Waals surface area contributed by atoms with E-state index in [1.54, 1.807) is 24.3 Å². The number of hydrogen-bond donors (Lipinski definition) is 2. The third kappa shape index (κ3) is 4.10. The standard InChI is InChI=1S/C16H14Cl2N4O4/c17-10-3-1-9(2-4-10)12(24)5-13-20-14(26-21-13)6-22-8-19-11(7-23)15(18)16(22)25/h1-4,8,12,23-24H,5-7H2/t12-/m0/s1. The molecule has 0 aliphatic carbocycles. The van der Waals surface area contributed by atoms with Crippen LogP contribution in [0, 0.1) is 0 Å². The maximum Gasteiger partial charge on any atom is 0.272 e. The highest BCUT2D eigenvalue weighted by Gasteiger charge is 2.15. The lowest BCUT2D eigenvalue weighted by atomic mass is 10.1. The molecular formula is C16H14Cl2N4O4. The summed E-state index contributed by atoms with van der Waals surface area (Å²) in [5.41, 5.74) is 0.254. The molecule has 0 radical (unpaired) electrons. The van der Waals surface area contributed by atoms with Gasteiger partial charge in [-0.15, -0.1) is 0 Å². The summed E-state index contributed by atoms with van der Waals surface area (Å²) in [5.74, 6) is 0.460. The van der Waals surface area contributed by atoms with E-state index in [0.717, 1.165) is 0 Å². The molecule has 0 bridgehead atoms. The highest BCUT2D eigenvalue weighted by molar-refractivity contribution is 6.31. The summed E-state index contributed by atoms with van der Waals surface area (Å²) in [6, 6.07) is 6.79. The zero-order valence-electron chi connectivity index (χ0n) is 13.3. The number of nitrogens with zero attached hydrogens (tertiary/aromatic N) is 4. The average molecular weight is 397 g/mol. The van der Waals surface area contributed by atoms with Gasteiger partial charge in [-0.1, -0.05) is 40.5 Å². The summed E-state index contributed by atoms with van der Waals surface area (Å²) in [4.78, 5) is 20.1. The van der Waals surface area contributed by atoms with Gasteiger partial charge in [-0.05, 0) is 17.7 Å². The quantitative estimate of drug-likeness (QED) is 0.651. The van der Waals surface area contributed by atoms with Crippen molar-refractivity contribution in [2.75, 3.05) is 0 Å². The minimum atomic E-state index is -0.819. The van der Waals surface area contributed by atoms with E-state index in [0.29, 0.717) is 16.4 Å². The number of benzene rings is 1. The van der Waals surface area contributed by atoms with Gasteiger partial charge in [-0.2, -0.15) is 4.98 Å². The molecule has 3 aromatic rings. The van der Waals surface area contributed by atoms with Crippen molar-refractivity contribution in [3.8, 4) is 0 Å². The van der Waals surface area contributed by atoms with Crippen LogP contribution in [-0.2, 0) is 19.6 Å². The van der Waals surface area contributed by atoms with E-state index >= 15 is 0 Å². The Balaban J connectivity index is 1.71. The van der Waals surface area contributed by atoms with Crippen molar-refractivity contribution < 1.29 is 14.7 Å². The van der Waals surface area contributed by atoms with Crippen molar-refractivity contribution in [1.29, 1.82) is 0 Å². The van der Waals surface area contributed by atoms with Crippen molar-refractivity contribution in [3.63, 3.8) is 0 Å². The second-order valence-corrected chi connectivity index (χ2v) is 6.29. The molecule has 0 spiro atoms. The molecule has 0 amide bonds. The van der Waals surface area contributed by atoms with Crippen LogP contribution in [0.3, 0.4) is 0 Å². The minimum Gasteiger partial charge on any atom is -0.390 e. The molecule has 26 heavy (non-hydrogen) atoms. The monoisotopic (exact) mass is 396 g/mol. The summed E-state index contributed by atoms with van der Waals surface area (Å²) in [5, 5.41) is 23.5. The lowest BCUT2D eigenvalue weighted by molar-refractivity contribution is 0.174. The van der Waals surface area contributed by atoms with Crippen LogP contribution in [0.4, 0.5) is 0 Å². The van der Waals surface area contributed by atoms with E-state index in [2.05, 4.69) is 15.1 Å². The predicted octanol–water partition coefficient (Wildman–Crippen LogP) is 1.75. The first-order chi connectivity index (χ1) is 12.5. The minimum absolute atomic E-state index is 0.0265. The molecule has 0 fully saturated rings. The molecule has 0 saturated carbocycles. The van der Waals surface area contributed by atoms with E-state index in [9.17, 15) is 9.90 Å². The summed E-state index contributed by atoms with van der Waals surface area (Å²) in [7, 11) is 0. The van der Waals surface area contributed by atoms with Crippen LogP contribution in [-0.4, -0.2) is 29.9 Å². The van der Waals surface area contributed by atoms with Crippen molar-refractivity contribution in [2.45, 2.75) is 25.7 Å². The van der Waals surface area contributed by atoms with Gasteiger partial charge in [0.25, 0.3) is 5.56 Å². The van der Waals surface area contributed by atoms with Gasteiger partial charge in [-0.3, -0.25) is 9.36 Å². The molecule has 3 rings (SSSR count). The molecule has 8 nitrogen and oxygen atoms in total. The van der Waals surface area contributed by atoms with Gasteiger partial charge in [0.15, 0.2) is 5.82 Å². The fourth-order valence-corrected chi connectivity index (χ4v) is 2.62. The van der Waals surface area contributed by atoms with E-state index in [1.165, 1.54) is 10.9 Å². The van der Waals surface area contributed by atoms with Crippen LogP contribution in [0.2, 0.25) is 10.0 Å². The number of aliphatic hydroxyl groups is 2. The lowest BCUT2D eigenvalue weighted by Crippen LogP contribution is -2.23. The number of halogens is 2. The first-order valence-electron chi connectivity index (χ1n) is 7.57. The normalized spacial score (nSPS) is 12.3. The van der Waals surface area contributed by atoms with Gasteiger partial charge >= 0.3 is 0 Å². The number of hydrogen-bond acceptors (Lipinski definition) is 7. The average Bonchev–Trinajstić information content (AvgIpc) is 3.06. The summed E-state index contributed by atoms with van der Waals surface area (Å²) >= 11 is 11.7. The first kappa shape index (κ1) is 18.5.